The first kappa shape index (κ1) is 21.8. The number of benzene rings is 2. The Labute approximate surface area is 187 Å². The van der Waals surface area contributed by atoms with Gasteiger partial charge in [-0.15, -0.1) is 0 Å². The highest BCUT2D eigenvalue weighted by atomic mass is 19.1. The number of rotatable bonds is 7. The van der Waals surface area contributed by atoms with E-state index in [-0.39, 0.29) is 17.7 Å². The van der Waals surface area contributed by atoms with Crippen LogP contribution in [0, 0.1) is 19.7 Å². The molecule has 0 saturated carbocycles. The summed E-state index contributed by atoms with van der Waals surface area (Å²) in [4.78, 5) is 17.4. The Hall–Kier alpha value is -3.47. The van der Waals surface area contributed by atoms with Crippen LogP contribution >= 0.6 is 0 Å². The summed E-state index contributed by atoms with van der Waals surface area (Å²) in [5.74, 6) is 0.468. The van der Waals surface area contributed by atoms with E-state index in [1.165, 1.54) is 6.07 Å². The molecule has 0 atom stereocenters. The van der Waals surface area contributed by atoms with E-state index in [0.29, 0.717) is 29.8 Å². The molecule has 5 heteroatoms. The number of hydrogen-bond donors (Lipinski definition) is 0. The van der Waals surface area contributed by atoms with Gasteiger partial charge in [-0.25, -0.2) is 9.37 Å². The SMILES string of the molecule is Cc1ccn2c(C(=O)CCc3ccc(-c4ccc(OC(C)C)cc4)c(F)c3)c(C)nc2c1. The molecule has 0 aliphatic rings. The molecular formula is C27H27FN2O2. The molecule has 0 N–H and O–H groups in total. The number of imidazole rings is 1. The number of halogens is 1. The first-order chi connectivity index (χ1) is 15.3. The number of ketones is 1. The summed E-state index contributed by atoms with van der Waals surface area (Å²) in [5, 5.41) is 0. The van der Waals surface area contributed by atoms with Crippen LogP contribution in [0.3, 0.4) is 0 Å². The van der Waals surface area contributed by atoms with Gasteiger partial charge >= 0.3 is 0 Å². The van der Waals surface area contributed by atoms with E-state index in [9.17, 15) is 9.18 Å². The van der Waals surface area contributed by atoms with Crippen LogP contribution in [0.1, 0.15) is 47.6 Å². The summed E-state index contributed by atoms with van der Waals surface area (Å²) in [7, 11) is 0. The van der Waals surface area contributed by atoms with Crippen molar-refractivity contribution < 1.29 is 13.9 Å². The van der Waals surface area contributed by atoms with E-state index in [4.69, 9.17) is 4.74 Å². The number of ether oxygens (including phenoxy) is 1. The maximum absolute atomic E-state index is 14.8. The topological polar surface area (TPSA) is 43.6 Å². The highest BCUT2D eigenvalue weighted by Gasteiger charge is 2.17. The van der Waals surface area contributed by atoms with Gasteiger partial charge < -0.3 is 4.74 Å². The van der Waals surface area contributed by atoms with Crippen LogP contribution in [-0.2, 0) is 6.42 Å². The second-order valence-electron chi connectivity index (χ2n) is 8.41. The Bertz CT molecular complexity index is 1270. The smallest absolute Gasteiger partial charge is 0.181 e. The number of hydrogen-bond acceptors (Lipinski definition) is 3. The molecule has 0 amide bonds. The summed E-state index contributed by atoms with van der Waals surface area (Å²) in [6.07, 6.45) is 2.73. The number of aromatic nitrogens is 2. The van der Waals surface area contributed by atoms with Gasteiger partial charge in [0, 0.05) is 18.2 Å². The summed E-state index contributed by atoms with van der Waals surface area (Å²) in [5.41, 5.74) is 5.29. The van der Waals surface area contributed by atoms with Crippen molar-refractivity contribution in [1.29, 1.82) is 0 Å². The highest BCUT2D eigenvalue weighted by Crippen LogP contribution is 2.27. The van der Waals surface area contributed by atoms with Crippen molar-refractivity contribution in [3.05, 3.63) is 89.1 Å². The molecule has 0 fully saturated rings. The van der Waals surface area contributed by atoms with Gasteiger partial charge in [-0.1, -0.05) is 24.3 Å². The number of carbonyl (C=O) groups excluding carboxylic acids is 1. The number of pyridine rings is 1. The lowest BCUT2D eigenvalue weighted by atomic mass is 10.00. The van der Waals surface area contributed by atoms with Crippen molar-refractivity contribution in [2.75, 3.05) is 0 Å². The number of fused-ring (bicyclic) bond motifs is 1. The molecule has 0 spiro atoms. The van der Waals surface area contributed by atoms with E-state index in [1.807, 2.05) is 80.8 Å². The van der Waals surface area contributed by atoms with E-state index in [0.717, 1.165) is 28.1 Å². The van der Waals surface area contributed by atoms with Crippen LogP contribution in [0.25, 0.3) is 16.8 Å². The van der Waals surface area contributed by atoms with Crippen LogP contribution < -0.4 is 4.74 Å². The van der Waals surface area contributed by atoms with Crippen molar-refractivity contribution in [2.24, 2.45) is 0 Å². The zero-order valence-electron chi connectivity index (χ0n) is 18.9. The fraction of sp³-hybridized carbons (Fsp3) is 0.259. The van der Waals surface area contributed by atoms with Crippen LogP contribution in [0.5, 0.6) is 5.75 Å². The largest absolute Gasteiger partial charge is 0.491 e. The predicted molar refractivity (Wildman–Crippen MR) is 125 cm³/mol. The van der Waals surface area contributed by atoms with Gasteiger partial charge in [0.15, 0.2) is 5.78 Å². The van der Waals surface area contributed by atoms with Crippen molar-refractivity contribution in [1.82, 2.24) is 9.38 Å². The molecule has 0 aliphatic heterocycles. The van der Waals surface area contributed by atoms with E-state index >= 15 is 0 Å². The fourth-order valence-corrected chi connectivity index (χ4v) is 3.91. The fourth-order valence-electron chi connectivity index (χ4n) is 3.91. The second-order valence-corrected chi connectivity index (χ2v) is 8.41. The lowest BCUT2D eigenvalue weighted by molar-refractivity contribution is 0.0976. The van der Waals surface area contributed by atoms with E-state index < -0.39 is 0 Å². The van der Waals surface area contributed by atoms with Gasteiger partial charge in [-0.3, -0.25) is 9.20 Å². The Balaban J connectivity index is 1.47. The molecule has 0 bridgehead atoms. The van der Waals surface area contributed by atoms with Crippen molar-refractivity contribution in [3.8, 4) is 16.9 Å². The molecule has 0 saturated heterocycles. The number of nitrogens with zero attached hydrogens (tertiary/aromatic N) is 2. The Morgan fingerprint density at radius 1 is 1.06 bits per heavy atom. The summed E-state index contributed by atoms with van der Waals surface area (Å²) < 4.78 is 22.3. The van der Waals surface area contributed by atoms with Crippen molar-refractivity contribution in [3.63, 3.8) is 0 Å². The predicted octanol–water partition coefficient (Wildman–Crippen LogP) is 6.36. The summed E-state index contributed by atoms with van der Waals surface area (Å²) in [6, 6.07) is 16.5. The summed E-state index contributed by atoms with van der Waals surface area (Å²) >= 11 is 0. The first-order valence-electron chi connectivity index (χ1n) is 10.9. The molecule has 32 heavy (non-hydrogen) atoms. The molecule has 2 heterocycles. The Kier molecular flexibility index (Phi) is 6.08. The minimum atomic E-state index is -0.297. The zero-order chi connectivity index (χ0) is 22.8. The third-order valence-electron chi connectivity index (χ3n) is 5.43. The highest BCUT2D eigenvalue weighted by molar-refractivity contribution is 5.96. The average Bonchev–Trinajstić information content (AvgIpc) is 3.07. The van der Waals surface area contributed by atoms with Gasteiger partial charge in [-0.05, 0) is 81.1 Å². The van der Waals surface area contributed by atoms with Crippen molar-refractivity contribution >= 4 is 11.4 Å². The maximum Gasteiger partial charge on any atom is 0.181 e. The second kappa shape index (κ2) is 8.95. The molecule has 164 valence electrons. The molecule has 4 aromatic rings. The van der Waals surface area contributed by atoms with Gasteiger partial charge in [0.1, 0.15) is 22.9 Å². The quantitative estimate of drug-likeness (QED) is 0.320. The van der Waals surface area contributed by atoms with Gasteiger partial charge in [-0.2, -0.15) is 0 Å². The van der Waals surface area contributed by atoms with Crippen LogP contribution in [0.4, 0.5) is 4.39 Å². The van der Waals surface area contributed by atoms with E-state index in [1.54, 1.807) is 6.07 Å². The number of carbonyl (C=O) groups is 1. The van der Waals surface area contributed by atoms with Gasteiger partial charge in [0.2, 0.25) is 0 Å². The Morgan fingerprint density at radius 3 is 2.50 bits per heavy atom. The van der Waals surface area contributed by atoms with Gasteiger partial charge in [0.25, 0.3) is 0 Å². The summed E-state index contributed by atoms with van der Waals surface area (Å²) in [6.45, 7) is 7.78. The van der Waals surface area contributed by atoms with Crippen LogP contribution in [-0.4, -0.2) is 21.3 Å². The van der Waals surface area contributed by atoms with E-state index in [2.05, 4.69) is 4.98 Å². The van der Waals surface area contributed by atoms with Crippen LogP contribution in [0.2, 0.25) is 0 Å². The molecule has 2 aromatic heterocycles. The first-order valence-corrected chi connectivity index (χ1v) is 10.9. The minimum absolute atomic E-state index is 0.00378. The molecule has 0 unspecified atom stereocenters. The zero-order valence-corrected chi connectivity index (χ0v) is 18.9. The minimum Gasteiger partial charge on any atom is -0.491 e. The third-order valence-corrected chi connectivity index (χ3v) is 5.43. The van der Waals surface area contributed by atoms with Crippen LogP contribution in [0.15, 0.2) is 60.8 Å². The lowest BCUT2D eigenvalue weighted by Crippen LogP contribution is -2.07. The third kappa shape index (κ3) is 4.57. The molecule has 4 nitrogen and oxygen atoms in total. The lowest BCUT2D eigenvalue weighted by Gasteiger charge is -2.11. The molecule has 0 radical (unpaired) electrons. The number of aryl methyl sites for hydroxylation is 3. The monoisotopic (exact) mass is 430 g/mol. The molecule has 2 aromatic carbocycles. The van der Waals surface area contributed by atoms with Crippen molar-refractivity contribution in [2.45, 2.75) is 46.6 Å². The maximum atomic E-state index is 14.8. The van der Waals surface area contributed by atoms with Gasteiger partial charge in [0.05, 0.1) is 11.8 Å². The number of Topliss-reactive ketones (excluding diaryl/α,β-unsaturated/α-hetero) is 1. The average molecular weight is 431 g/mol. The normalized spacial score (nSPS) is 11.3. The molecular weight excluding hydrogens is 403 g/mol. The standard InChI is InChI=1S/C27H27FN2O2/c1-17(2)32-22-9-7-21(8-10-22)23-11-5-20(16-24(23)28)6-12-25(31)27-19(4)29-26-15-18(3)13-14-30(26)27/h5,7-11,13-17H,6,12H2,1-4H3. The Morgan fingerprint density at radius 2 is 1.81 bits per heavy atom. The molecule has 4 rings (SSSR count). The molecule has 0 aliphatic carbocycles.